The molecule has 1 aromatic rings. The second-order valence-corrected chi connectivity index (χ2v) is 6.55. The average Bonchev–Trinajstić information content (AvgIpc) is 2.51. The quantitative estimate of drug-likeness (QED) is 0.857. The maximum absolute atomic E-state index is 9.76. The number of aliphatic hydroxyl groups is 1. The van der Waals surface area contributed by atoms with Crippen LogP contribution >= 0.6 is 0 Å². The first-order chi connectivity index (χ1) is 9.96. The minimum Gasteiger partial charge on any atom is -0.394 e. The first-order valence-electron chi connectivity index (χ1n) is 7.86. The molecule has 0 amide bonds. The Balaban J connectivity index is 1.98. The van der Waals surface area contributed by atoms with Gasteiger partial charge >= 0.3 is 0 Å². The fourth-order valence-corrected chi connectivity index (χ4v) is 3.14. The summed E-state index contributed by atoms with van der Waals surface area (Å²) < 4.78 is 0. The van der Waals surface area contributed by atoms with Crippen molar-refractivity contribution >= 4 is 0 Å². The third-order valence-electron chi connectivity index (χ3n) is 4.94. The number of hydrogen-bond acceptors (Lipinski definition) is 4. The van der Waals surface area contributed by atoms with E-state index < -0.39 is 5.54 Å². The van der Waals surface area contributed by atoms with Crippen LogP contribution in [0.15, 0.2) is 30.3 Å². The molecule has 0 aromatic heterocycles. The minimum absolute atomic E-state index is 0.0180. The van der Waals surface area contributed by atoms with E-state index in [-0.39, 0.29) is 6.61 Å². The number of piperazine rings is 1. The van der Waals surface area contributed by atoms with E-state index in [0.29, 0.717) is 12.1 Å². The summed E-state index contributed by atoms with van der Waals surface area (Å²) >= 11 is 0. The molecule has 0 bridgehead atoms. The van der Waals surface area contributed by atoms with Crippen molar-refractivity contribution in [2.75, 3.05) is 33.3 Å². The zero-order valence-corrected chi connectivity index (χ0v) is 13.5. The Morgan fingerprint density at radius 3 is 2.29 bits per heavy atom. The highest BCUT2D eigenvalue weighted by Crippen LogP contribution is 2.23. The SMILES string of the molecule is CC1CN(CCC(N)(CO)c2ccccc2)CC(C)N1C. The zero-order valence-electron chi connectivity index (χ0n) is 13.5. The van der Waals surface area contributed by atoms with Gasteiger partial charge in [-0.3, -0.25) is 4.90 Å². The molecule has 0 saturated carbocycles. The molecule has 1 aliphatic heterocycles. The second-order valence-electron chi connectivity index (χ2n) is 6.55. The lowest BCUT2D eigenvalue weighted by Gasteiger charge is -2.43. The molecule has 1 aliphatic rings. The Morgan fingerprint density at radius 1 is 1.19 bits per heavy atom. The van der Waals surface area contributed by atoms with Crippen LogP contribution < -0.4 is 5.73 Å². The molecule has 0 spiro atoms. The van der Waals surface area contributed by atoms with Crippen LogP contribution in [0.3, 0.4) is 0 Å². The van der Waals surface area contributed by atoms with Crippen LogP contribution in [0.4, 0.5) is 0 Å². The summed E-state index contributed by atoms with van der Waals surface area (Å²) in [7, 11) is 2.19. The van der Waals surface area contributed by atoms with Gasteiger partial charge in [-0.1, -0.05) is 30.3 Å². The van der Waals surface area contributed by atoms with Crippen LogP contribution in [0.5, 0.6) is 0 Å². The molecule has 2 rings (SSSR count). The Bertz CT molecular complexity index is 427. The highest BCUT2D eigenvalue weighted by Gasteiger charge is 2.30. The summed E-state index contributed by atoms with van der Waals surface area (Å²) in [4.78, 5) is 4.89. The van der Waals surface area contributed by atoms with Gasteiger partial charge in [0, 0.05) is 31.7 Å². The lowest BCUT2D eigenvalue weighted by atomic mass is 9.88. The molecule has 3 atom stereocenters. The molecule has 1 fully saturated rings. The maximum atomic E-state index is 9.76. The summed E-state index contributed by atoms with van der Waals surface area (Å²) in [6.07, 6.45) is 0.774. The summed E-state index contributed by atoms with van der Waals surface area (Å²) in [5, 5.41) is 9.76. The Morgan fingerprint density at radius 2 is 1.76 bits per heavy atom. The molecular weight excluding hydrogens is 262 g/mol. The monoisotopic (exact) mass is 291 g/mol. The summed E-state index contributed by atoms with van der Waals surface area (Å²) in [6, 6.07) is 11.1. The fraction of sp³-hybridized carbons (Fsp3) is 0.647. The molecule has 0 aliphatic carbocycles. The minimum atomic E-state index is -0.642. The van der Waals surface area contributed by atoms with E-state index >= 15 is 0 Å². The van der Waals surface area contributed by atoms with Gasteiger partial charge in [0.25, 0.3) is 0 Å². The second kappa shape index (κ2) is 6.88. The van der Waals surface area contributed by atoms with E-state index in [9.17, 15) is 5.11 Å². The molecule has 21 heavy (non-hydrogen) atoms. The van der Waals surface area contributed by atoms with Gasteiger partial charge in [0.05, 0.1) is 12.1 Å². The van der Waals surface area contributed by atoms with Crippen molar-refractivity contribution in [3.63, 3.8) is 0 Å². The van der Waals surface area contributed by atoms with Gasteiger partial charge in [-0.05, 0) is 32.9 Å². The number of nitrogens with two attached hydrogens (primary N) is 1. The summed E-state index contributed by atoms with van der Waals surface area (Å²) in [6.45, 7) is 7.57. The highest BCUT2D eigenvalue weighted by molar-refractivity contribution is 5.24. The fourth-order valence-electron chi connectivity index (χ4n) is 3.14. The van der Waals surface area contributed by atoms with Crippen molar-refractivity contribution in [1.29, 1.82) is 0 Å². The van der Waals surface area contributed by atoms with Crippen LogP contribution in [0.25, 0.3) is 0 Å². The Kier molecular flexibility index (Phi) is 5.38. The van der Waals surface area contributed by atoms with Crippen LogP contribution in [0, 0.1) is 0 Å². The zero-order chi connectivity index (χ0) is 15.5. The first kappa shape index (κ1) is 16.4. The van der Waals surface area contributed by atoms with E-state index in [0.717, 1.165) is 31.6 Å². The standard InChI is InChI=1S/C17H29N3O/c1-14-11-20(12-15(2)19(14)3)10-9-17(18,13-21)16-7-5-4-6-8-16/h4-8,14-15,21H,9-13,18H2,1-3H3. The first-order valence-corrected chi connectivity index (χ1v) is 7.86. The van der Waals surface area contributed by atoms with Crippen LogP contribution in [-0.2, 0) is 5.54 Å². The Labute approximate surface area is 128 Å². The van der Waals surface area contributed by atoms with Crippen LogP contribution in [0.2, 0.25) is 0 Å². The van der Waals surface area contributed by atoms with Gasteiger partial charge in [0.15, 0.2) is 0 Å². The lowest BCUT2D eigenvalue weighted by molar-refractivity contribution is 0.0518. The number of nitrogens with zero attached hydrogens (tertiary/aromatic N) is 2. The van der Waals surface area contributed by atoms with Gasteiger partial charge in [-0.2, -0.15) is 0 Å². The topological polar surface area (TPSA) is 52.7 Å². The third-order valence-corrected chi connectivity index (χ3v) is 4.94. The number of hydrogen-bond donors (Lipinski definition) is 2. The number of likely N-dealkylation sites (N-methyl/N-ethyl adjacent to an activating group) is 1. The van der Waals surface area contributed by atoms with E-state index in [1.54, 1.807) is 0 Å². The van der Waals surface area contributed by atoms with Gasteiger partial charge in [-0.25, -0.2) is 0 Å². The highest BCUT2D eigenvalue weighted by atomic mass is 16.3. The lowest BCUT2D eigenvalue weighted by Crippen LogP contribution is -2.56. The normalized spacial score (nSPS) is 27.5. The van der Waals surface area contributed by atoms with Gasteiger partial charge in [-0.15, -0.1) is 0 Å². The molecule has 1 saturated heterocycles. The predicted octanol–water partition coefficient (Wildman–Crippen LogP) is 1.25. The number of benzene rings is 1. The van der Waals surface area contributed by atoms with E-state index in [4.69, 9.17) is 5.73 Å². The molecule has 3 unspecified atom stereocenters. The van der Waals surface area contributed by atoms with Gasteiger partial charge in [0.1, 0.15) is 0 Å². The van der Waals surface area contributed by atoms with Crippen molar-refractivity contribution in [2.45, 2.75) is 37.9 Å². The predicted molar refractivity (Wildman–Crippen MR) is 87.1 cm³/mol. The molecule has 118 valence electrons. The Hall–Kier alpha value is -0.940. The maximum Gasteiger partial charge on any atom is 0.0656 e. The van der Waals surface area contributed by atoms with Crippen molar-refractivity contribution in [3.05, 3.63) is 35.9 Å². The molecule has 1 aromatic carbocycles. The molecule has 4 nitrogen and oxygen atoms in total. The number of rotatable bonds is 5. The van der Waals surface area contributed by atoms with Crippen molar-refractivity contribution < 1.29 is 5.11 Å². The van der Waals surface area contributed by atoms with E-state index in [2.05, 4.69) is 30.7 Å². The van der Waals surface area contributed by atoms with Gasteiger partial charge in [0.2, 0.25) is 0 Å². The summed E-state index contributed by atoms with van der Waals surface area (Å²) in [5.41, 5.74) is 6.82. The average molecular weight is 291 g/mol. The van der Waals surface area contributed by atoms with Crippen molar-refractivity contribution in [3.8, 4) is 0 Å². The van der Waals surface area contributed by atoms with Crippen LogP contribution in [-0.4, -0.2) is 60.3 Å². The van der Waals surface area contributed by atoms with Crippen LogP contribution in [0.1, 0.15) is 25.8 Å². The van der Waals surface area contributed by atoms with Crippen molar-refractivity contribution in [2.24, 2.45) is 5.73 Å². The van der Waals surface area contributed by atoms with Crippen molar-refractivity contribution in [1.82, 2.24) is 9.80 Å². The molecule has 3 N–H and O–H groups in total. The summed E-state index contributed by atoms with van der Waals surface area (Å²) in [5.74, 6) is 0. The third kappa shape index (κ3) is 3.83. The van der Waals surface area contributed by atoms with E-state index in [1.807, 2.05) is 30.3 Å². The molecule has 1 heterocycles. The molecular formula is C17H29N3O. The molecule has 4 heteroatoms. The van der Waals surface area contributed by atoms with Gasteiger partial charge < -0.3 is 15.7 Å². The largest absolute Gasteiger partial charge is 0.394 e. The smallest absolute Gasteiger partial charge is 0.0656 e. The van der Waals surface area contributed by atoms with E-state index in [1.165, 1.54) is 0 Å². The number of aliphatic hydroxyl groups excluding tert-OH is 1. The molecule has 0 radical (unpaired) electrons.